The number of amides is 2. The van der Waals surface area contributed by atoms with Crippen LogP contribution in [0.5, 0.6) is 11.5 Å². The monoisotopic (exact) mass is 766 g/mol. The van der Waals surface area contributed by atoms with Crippen molar-refractivity contribution in [1.82, 2.24) is 9.62 Å². The van der Waals surface area contributed by atoms with E-state index in [1.165, 1.54) is 36.4 Å². The van der Waals surface area contributed by atoms with Crippen LogP contribution in [0.1, 0.15) is 25.7 Å². The van der Waals surface area contributed by atoms with Crippen LogP contribution in [-0.4, -0.2) is 84.9 Å². The van der Waals surface area contributed by atoms with E-state index in [-0.39, 0.29) is 50.2 Å². The summed E-state index contributed by atoms with van der Waals surface area (Å²) in [6, 6.07) is 14.0. The van der Waals surface area contributed by atoms with Crippen LogP contribution in [0.25, 0.3) is 0 Å². The zero-order valence-electron chi connectivity index (χ0n) is 26.9. The molecule has 3 aromatic carbocycles. The molecule has 0 atom stereocenters. The zero-order valence-corrected chi connectivity index (χ0v) is 27.7. The molecule has 2 aliphatic heterocycles. The summed E-state index contributed by atoms with van der Waals surface area (Å²) >= 11 is 0. The minimum atomic E-state index is -4.85. The van der Waals surface area contributed by atoms with E-state index in [0.29, 0.717) is 18.8 Å². The molecule has 284 valence electrons. The molecule has 2 heterocycles. The predicted octanol–water partition coefficient (Wildman–Crippen LogP) is 4.52. The van der Waals surface area contributed by atoms with Crippen LogP contribution in [0.15, 0.2) is 77.7 Å². The third-order valence-electron chi connectivity index (χ3n) is 7.97. The average molecular weight is 767 g/mol. The number of piperidine rings is 2. The number of nitrogens with one attached hydrogen (secondary N) is 3. The molecule has 2 amide bonds. The maximum absolute atomic E-state index is 13.9. The van der Waals surface area contributed by atoms with Gasteiger partial charge in [0.1, 0.15) is 33.4 Å². The lowest BCUT2D eigenvalue weighted by Crippen LogP contribution is -2.52. The van der Waals surface area contributed by atoms with Crippen molar-refractivity contribution in [3.8, 4) is 11.5 Å². The lowest BCUT2D eigenvalue weighted by Gasteiger charge is -2.36. The number of carbonyl (C=O) groups is 2. The molecule has 5 N–H and O–H groups in total. The fraction of sp³-hybridized carbons (Fsp3) is 0.375. The Balaban J connectivity index is 0.000000251. The number of nitrogens with zero attached hydrogens (tertiary/aromatic N) is 1. The topological polar surface area (TPSA) is 167 Å². The van der Waals surface area contributed by atoms with Crippen LogP contribution in [-0.2, 0) is 19.6 Å². The molecule has 0 aliphatic carbocycles. The van der Waals surface area contributed by atoms with E-state index in [1.54, 1.807) is 0 Å². The molecule has 5 rings (SSSR count). The zero-order chi connectivity index (χ0) is 38.4. The summed E-state index contributed by atoms with van der Waals surface area (Å²) in [5.74, 6) is -3.15. The molecule has 0 spiro atoms. The van der Waals surface area contributed by atoms with Gasteiger partial charge in [-0.15, -0.1) is 26.3 Å². The van der Waals surface area contributed by atoms with E-state index in [2.05, 4.69) is 25.4 Å². The lowest BCUT2D eigenvalue weighted by atomic mass is 9.91. The highest BCUT2D eigenvalue weighted by molar-refractivity contribution is 7.89. The van der Waals surface area contributed by atoms with Gasteiger partial charge in [-0.2, -0.15) is 4.31 Å². The number of aliphatic hydroxyl groups is 2. The molecule has 20 heteroatoms. The smallest absolute Gasteiger partial charge is 0.406 e. The van der Waals surface area contributed by atoms with Gasteiger partial charge in [0.2, 0.25) is 10.0 Å². The van der Waals surface area contributed by atoms with Crippen LogP contribution < -0.4 is 25.4 Å². The Kier molecular flexibility index (Phi) is 12.4. The Labute approximate surface area is 292 Å². The summed E-state index contributed by atoms with van der Waals surface area (Å²) < 4.78 is 120. The van der Waals surface area contributed by atoms with E-state index in [4.69, 9.17) is 0 Å². The van der Waals surface area contributed by atoms with Crippen molar-refractivity contribution < 1.29 is 68.4 Å². The molecule has 0 radical (unpaired) electrons. The first-order valence-electron chi connectivity index (χ1n) is 15.4. The Morgan fingerprint density at radius 3 is 1.50 bits per heavy atom. The minimum Gasteiger partial charge on any atom is -0.406 e. The van der Waals surface area contributed by atoms with Crippen molar-refractivity contribution >= 4 is 33.2 Å². The van der Waals surface area contributed by atoms with Gasteiger partial charge in [-0.05, 0) is 99.4 Å². The van der Waals surface area contributed by atoms with Gasteiger partial charge in [-0.25, -0.2) is 12.8 Å². The van der Waals surface area contributed by atoms with Gasteiger partial charge in [0, 0.05) is 24.5 Å². The van der Waals surface area contributed by atoms with Gasteiger partial charge in [0.05, 0.1) is 0 Å². The van der Waals surface area contributed by atoms with E-state index < -0.39 is 62.2 Å². The number of hydrogen-bond donors (Lipinski definition) is 5. The Bertz CT molecular complexity index is 1790. The first-order chi connectivity index (χ1) is 24.2. The quantitative estimate of drug-likeness (QED) is 0.207. The van der Waals surface area contributed by atoms with Crippen LogP contribution in [0.4, 0.5) is 42.1 Å². The van der Waals surface area contributed by atoms with Crippen molar-refractivity contribution in [2.24, 2.45) is 0 Å². The summed E-state index contributed by atoms with van der Waals surface area (Å²) in [4.78, 5) is 24.0. The minimum absolute atomic E-state index is 0.120. The van der Waals surface area contributed by atoms with Gasteiger partial charge in [0.25, 0.3) is 11.8 Å². The fourth-order valence-electron chi connectivity index (χ4n) is 5.16. The molecule has 2 aliphatic rings. The standard InChI is InChI=1S/C19H18F4N2O5S.C13H15F3N2O3/c20-15-3-1-2-4-16(15)31(28,29)25-11-9-18(27,10-12-25)17(26)24-13-5-7-14(8-6-13)30-19(21,22)23;14-13(15,16)21-10-3-1-9(2-4-10)18-11(19)12(20)5-7-17-8-6-12/h1-8,27H,9-12H2,(H,24,26);1-4,17,20H,5-8H2,(H,18,19). The van der Waals surface area contributed by atoms with Gasteiger partial charge in [-0.3, -0.25) is 9.59 Å². The number of sulfonamides is 1. The fourth-order valence-corrected chi connectivity index (χ4v) is 6.67. The third-order valence-corrected chi connectivity index (χ3v) is 9.90. The molecule has 2 saturated heterocycles. The van der Waals surface area contributed by atoms with Crippen molar-refractivity contribution in [1.29, 1.82) is 0 Å². The first-order valence-corrected chi connectivity index (χ1v) is 16.9. The second kappa shape index (κ2) is 16.0. The average Bonchev–Trinajstić information content (AvgIpc) is 3.06. The largest absolute Gasteiger partial charge is 0.573 e. The van der Waals surface area contributed by atoms with Crippen LogP contribution in [0.2, 0.25) is 0 Å². The van der Waals surface area contributed by atoms with Crippen molar-refractivity contribution in [3.05, 3.63) is 78.6 Å². The van der Waals surface area contributed by atoms with Crippen molar-refractivity contribution in [3.63, 3.8) is 0 Å². The third kappa shape index (κ3) is 11.0. The molecule has 2 fully saturated rings. The normalized spacial score (nSPS) is 17.6. The number of rotatable bonds is 8. The predicted molar refractivity (Wildman–Crippen MR) is 170 cm³/mol. The molecule has 12 nitrogen and oxygen atoms in total. The summed E-state index contributed by atoms with van der Waals surface area (Å²) in [6.07, 6.45) is -9.53. The maximum Gasteiger partial charge on any atom is 0.573 e. The van der Waals surface area contributed by atoms with Crippen LogP contribution in [0, 0.1) is 5.82 Å². The molecule has 0 saturated carbocycles. The first kappa shape index (κ1) is 40.3. The van der Waals surface area contributed by atoms with Gasteiger partial charge < -0.3 is 35.6 Å². The number of anilines is 2. The highest BCUT2D eigenvalue weighted by Crippen LogP contribution is 2.30. The van der Waals surface area contributed by atoms with Crippen LogP contribution in [0.3, 0.4) is 0 Å². The van der Waals surface area contributed by atoms with Gasteiger partial charge in [-0.1, -0.05) is 12.1 Å². The van der Waals surface area contributed by atoms with Crippen molar-refractivity contribution in [2.75, 3.05) is 36.8 Å². The molecule has 0 bridgehead atoms. The number of halogens is 7. The SMILES string of the molecule is O=C(Nc1ccc(OC(F)(F)F)cc1)C1(O)CCN(S(=O)(=O)c2ccccc2F)CC1.O=C(Nc1ccc(OC(F)(F)F)cc1)C1(O)CCNCC1. The molecule has 0 aromatic heterocycles. The lowest BCUT2D eigenvalue weighted by molar-refractivity contribution is -0.275. The Morgan fingerprint density at radius 1 is 0.692 bits per heavy atom. The van der Waals surface area contributed by atoms with Gasteiger partial charge in [0.15, 0.2) is 0 Å². The summed E-state index contributed by atoms with van der Waals surface area (Å²) in [7, 11) is -4.14. The Morgan fingerprint density at radius 2 is 1.10 bits per heavy atom. The van der Waals surface area contributed by atoms with Crippen molar-refractivity contribution in [2.45, 2.75) is 54.5 Å². The Hall–Kier alpha value is -4.50. The second-order valence-electron chi connectivity index (χ2n) is 11.7. The molecular formula is C32H33F7N4O8S. The summed E-state index contributed by atoms with van der Waals surface area (Å²) in [6.45, 7) is 0.614. The number of hydrogen-bond acceptors (Lipinski definition) is 9. The highest BCUT2D eigenvalue weighted by atomic mass is 32.2. The molecule has 0 unspecified atom stereocenters. The number of carbonyl (C=O) groups excluding carboxylic acids is 2. The number of ether oxygens (including phenoxy) is 2. The number of benzene rings is 3. The molecule has 52 heavy (non-hydrogen) atoms. The summed E-state index contributed by atoms with van der Waals surface area (Å²) in [5.41, 5.74) is -2.94. The number of alkyl halides is 6. The van der Waals surface area contributed by atoms with E-state index in [0.717, 1.165) is 40.7 Å². The molecular weight excluding hydrogens is 733 g/mol. The summed E-state index contributed by atoms with van der Waals surface area (Å²) in [5, 5.41) is 28.7. The van der Waals surface area contributed by atoms with E-state index in [9.17, 15) is 59.0 Å². The van der Waals surface area contributed by atoms with E-state index >= 15 is 0 Å². The molecule has 3 aromatic rings. The van der Waals surface area contributed by atoms with Gasteiger partial charge >= 0.3 is 12.7 Å². The second-order valence-corrected chi connectivity index (χ2v) is 13.6. The van der Waals surface area contributed by atoms with E-state index in [1.807, 2.05) is 0 Å². The maximum atomic E-state index is 13.9. The highest BCUT2D eigenvalue weighted by Gasteiger charge is 2.43. The van der Waals surface area contributed by atoms with Crippen LogP contribution >= 0.6 is 0 Å².